The Morgan fingerprint density at radius 2 is 1.88 bits per heavy atom. The maximum atomic E-state index is 14.4. The highest BCUT2D eigenvalue weighted by molar-refractivity contribution is 7.91. The third kappa shape index (κ3) is 5.38. The molecule has 42 heavy (non-hydrogen) atoms. The number of halogens is 4. The van der Waals surface area contributed by atoms with Gasteiger partial charge in [-0.05, 0) is 42.0 Å². The summed E-state index contributed by atoms with van der Waals surface area (Å²) >= 11 is 6.50. The lowest BCUT2D eigenvalue weighted by Crippen LogP contribution is -2.64. The number of carbonyl (C=O) groups excluding carboxylic acids is 2. The van der Waals surface area contributed by atoms with Crippen LogP contribution in [0.2, 0.25) is 5.02 Å². The second-order valence-electron chi connectivity index (χ2n) is 9.92. The third-order valence-electron chi connectivity index (χ3n) is 7.08. The van der Waals surface area contributed by atoms with Crippen LogP contribution in [0.1, 0.15) is 29.9 Å². The van der Waals surface area contributed by atoms with Crippen molar-refractivity contribution >= 4 is 45.1 Å². The fourth-order valence-corrected chi connectivity index (χ4v) is 6.98. The molecule has 1 saturated heterocycles. The molecule has 3 aromatic rings. The van der Waals surface area contributed by atoms with Gasteiger partial charge in [0.1, 0.15) is 11.6 Å². The summed E-state index contributed by atoms with van der Waals surface area (Å²) in [5.74, 6) is -7.86. The molecule has 1 aliphatic carbocycles. The Hall–Kier alpha value is -4.19. The number of nitriles is 1. The quantitative estimate of drug-likeness (QED) is 0.370. The molecule has 1 saturated carbocycles. The van der Waals surface area contributed by atoms with Crippen LogP contribution in [0.4, 0.5) is 24.7 Å². The summed E-state index contributed by atoms with van der Waals surface area (Å²) in [5, 5.41) is 14.4. The predicted molar refractivity (Wildman–Crippen MR) is 146 cm³/mol. The zero-order valence-corrected chi connectivity index (χ0v) is 23.1. The fourth-order valence-electron chi connectivity index (χ4n) is 5.18. The van der Waals surface area contributed by atoms with Crippen LogP contribution in [0.25, 0.3) is 0 Å². The number of anilines is 2. The van der Waals surface area contributed by atoms with E-state index in [1.54, 1.807) is 6.07 Å². The SMILES string of the molecule is N#Cc1ccnc(N2C(C(=O)Nc3cccc(F)c3)([C@@H](C(=O)NC3CC(F)(F)C3)c3ccccc3Cl)CNS2(=O)=O)c1. The number of nitrogens with zero attached hydrogens (tertiary/aromatic N) is 3. The van der Waals surface area contributed by atoms with Crippen molar-refractivity contribution in [3.63, 3.8) is 0 Å². The summed E-state index contributed by atoms with van der Waals surface area (Å²) in [6, 6.07) is 14.0. The standard InChI is InChI=1S/C27H22ClF3N6O4S/c28-21-7-2-1-6-20(21)23(24(38)35-19-12-26(30,31)13-19)27(25(39)36-18-5-3-4-17(29)11-18)15-34-42(40,41)37(27)22-10-16(14-32)8-9-33-22/h1-11,19,23,34H,12-13,15H2,(H,35,38)(H,36,39)/t23-,27?/m1/s1. The Bertz CT molecular complexity index is 1710. The average Bonchev–Trinajstić information content (AvgIpc) is 3.20. The Morgan fingerprint density at radius 3 is 2.55 bits per heavy atom. The highest BCUT2D eigenvalue weighted by atomic mass is 35.5. The molecule has 1 aliphatic heterocycles. The fraction of sp³-hybridized carbons (Fsp3) is 0.259. The van der Waals surface area contributed by atoms with Crippen LogP contribution >= 0.6 is 11.6 Å². The normalized spacial score (nSPS) is 21.5. The lowest BCUT2D eigenvalue weighted by atomic mass is 9.76. The topological polar surface area (TPSA) is 144 Å². The van der Waals surface area contributed by atoms with E-state index in [1.165, 1.54) is 36.4 Å². The van der Waals surface area contributed by atoms with Gasteiger partial charge in [0.05, 0.1) is 17.6 Å². The molecule has 1 unspecified atom stereocenters. The number of pyridine rings is 1. The van der Waals surface area contributed by atoms with Crippen molar-refractivity contribution < 1.29 is 31.2 Å². The Kier molecular flexibility index (Phi) is 7.61. The van der Waals surface area contributed by atoms with Crippen LogP contribution in [-0.4, -0.2) is 49.3 Å². The smallest absolute Gasteiger partial charge is 0.303 e. The highest BCUT2D eigenvalue weighted by Gasteiger charge is 2.63. The largest absolute Gasteiger partial charge is 0.352 e. The van der Waals surface area contributed by atoms with E-state index in [1.807, 2.05) is 6.07 Å². The minimum absolute atomic E-state index is 0.00279. The molecule has 2 heterocycles. The van der Waals surface area contributed by atoms with Crippen molar-refractivity contribution in [2.75, 3.05) is 16.2 Å². The van der Waals surface area contributed by atoms with E-state index >= 15 is 0 Å². The molecule has 2 aliphatic rings. The van der Waals surface area contributed by atoms with Crippen LogP contribution in [0.15, 0.2) is 66.9 Å². The van der Waals surface area contributed by atoms with Gasteiger partial charge in [-0.15, -0.1) is 0 Å². The molecule has 0 spiro atoms. The van der Waals surface area contributed by atoms with Crippen LogP contribution in [-0.2, 0) is 19.8 Å². The van der Waals surface area contributed by atoms with E-state index in [0.29, 0.717) is 4.31 Å². The molecular weight excluding hydrogens is 597 g/mol. The first-order chi connectivity index (χ1) is 19.9. The van der Waals surface area contributed by atoms with E-state index in [0.717, 1.165) is 24.4 Å². The number of hydrogen-bond acceptors (Lipinski definition) is 6. The summed E-state index contributed by atoms with van der Waals surface area (Å²) in [6.45, 7) is -0.709. The molecule has 10 nitrogen and oxygen atoms in total. The number of amides is 2. The van der Waals surface area contributed by atoms with Crippen molar-refractivity contribution in [1.29, 1.82) is 5.26 Å². The Labute approximate surface area is 243 Å². The van der Waals surface area contributed by atoms with E-state index < -0.39 is 70.6 Å². The van der Waals surface area contributed by atoms with E-state index in [-0.39, 0.29) is 27.7 Å². The van der Waals surface area contributed by atoms with Gasteiger partial charge in [0, 0.05) is 42.3 Å². The number of hydrogen-bond donors (Lipinski definition) is 3. The number of benzene rings is 2. The molecule has 2 amide bonds. The van der Waals surface area contributed by atoms with Gasteiger partial charge in [0.2, 0.25) is 5.91 Å². The molecule has 1 aromatic heterocycles. The molecule has 218 valence electrons. The maximum Gasteiger partial charge on any atom is 0.303 e. The van der Waals surface area contributed by atoms with Gasteiger partial charge < -0.3 is 10.6 Å². The summed E-state index contributed by atoms with van der Waals surface area (Å²) in [7, 11) is -4.62. The van der Waals surface area contributed by atoms with Crippen LogP contribution in [0.3, 0.4) is 0 Å². The van der Waals surface area contributed by atoms with Crippen molar-refractivity contribution in [3.8, 4) is 6.07 Å². The van der Waals surface area contributed by atoms with Gasteiger partial charge in [-0.1, -0.05) is 35.9 Å². The second kappa shape index (κ2) is 10.9. The molecule has 0 bridgehead atoms. The maximum absolute atomic E-state index is 14.4. The van der Waals surface area contributed by atoms with Gasteiger partial charge in [0.25, 0.3) is 11.8 Å². The first kappa shape index (κ1) is 29.3. The molecule has 3 N–H and O–H groups in total. The second-order valence-corrected chi connectivity index (χ2v) is 11.9. The van der Waals surface area contributed by atoms with E-state index in [4.69, 9.17) is 11.6 Å². The Balaban J connectivity index is 1.73. The van der Waals surface area contributed by atoms with E-state index in [9.17, 15) is 36.4 Å². The van der Waals surface area contributed by atoms with Crippen LogP contribution in [0, 0.1) is 17.1 Å². The van der Waals surface area contributed by atoms with Crippen molar-refractivity contribution in [3.05, 3.63) is 88.8 Å². The summed E-state index contributed by atoms with van der Waals surface area (Å²) in [5.41, 5.74) is -2.47. The molecule has 2 fully saturated rings. The molecule has 2 aromatic carbocycles. The zero-order valence-electron chi connectivity index (χ0n) is 21.5. The average molecular weight is 619 g/mol. The summed E-state index contributed by atoms with van der Waals surface area (Å²) in [4.78, 5) is 32.5. The molecule has 0 radical (unpaired) electrons. The summed E-state index contributed by atoms with van der Waals surface area (Å²) < 4.78 is 71.4. The van der Waals surface area contributed by atoms with Gasteiger partial charge in [-0.3, -0.25) is 9.59 Å². The number of aromatic nitrogens is 1. The summed E-state index contributed by atoms with van der Waals surface area (Å²) in [6.07, 6.45) is -0.150. The van der Waals surface area contributed by atoms with Crippen molar-refractivity contribution in [1.82, 2.24) is 15.0 Å². The molecule has 2 atom stereocenters. The van der Waals surface area contributed by atoms with Gasteiger partial charge >= 0.3 is 10.2 Å². The lowest BCUT2D eigenvalue weighted by Gasteiger charge is -2.42. The monoisotopic (exact) mass is 618 g/mol. The predicted octanol–water partition coefficient (Wildman–Crippen LogP) is 3.48. The van der Waals surface area contributed by atoms with E-state index in [2.05, 4.69) is 20.3 Å². The van der Waals surface area contributed by atoms with Crippen LogP contribution < -0.4 is 19.7 Å². The van der Waals surface area contributed by atoms with Crippen molar-refractivity contribution in [2.24, 2.45) is 0 Å². The van der Waals surface area contributed by atoms with Crippen molar-refractivity contribution in [2.45, 2.75) is 36.3 Å². The lowest BCUT2D eigenvalue weighted by molar-refractivity contribution is -0.135. The molecular formula is C27H22ClF3N6O4S. The third-order valence-corrected chi connectivity index (χ3v) is 8.92. The molecule has 5 rings (SSSR count). The van der Waals surface area contributed by atoms with Gasteiger partial charge in [0.15, 0.2) is 5.54 Å². The number of nitrogens with one attached hydrogen (secondary N) is 3. The zero-order chi connectivity index (χ0) is 30.3. The van der Waals surface area contributed by atoms with Gasteiger partial charge in [-0.2, -0.15) is 18.4 Å². The molecule has 15 heteroatoms. The minimum Gasteiger partial charge on any atom is -0.352 e. The van der Waals surface area contributed by atoms with Crippen LogP contribution in [0.5, 0.6) is 0 Å². The minimum atomic E-state index is -4.62. The first-order valence-electron chi connectivity index (χ1n) is 12.5. The number of rotatable bonds is 7. The number of alkyl halides is 2. The number of carbonyl (C=O) groups is 2. The van der Waals surface area contributed by atoms with Gasteiger partial charge in [-0.25, -0.2) is 22.5 Å². The first-order valence-corrected chi connectivity index (χ1v) is 14.3. The highest BCUT2D eigenvalue weighted by Crippen LogP contribution is 2.45. The Morgan fingerprint density at radius 1 is 1.14 bits per heavy atom.